The molecule has 20 heavy (non-hydrogen) atoms. The Hall–Kier alpha value is -2.36. The number of hydrogen-bond acceptors (Lipinski definition) is 6. The van der Waals surface area contributed by atoms with Gasteiger partial charge in [-0.25, -0.2) is 14.8 Å². The molecule has 0 fully saturated rings. The summed E-state index contributed by atoms with van der Waals surface area (Å²) in [6.45, 7) is 0. The van der Waals surface area contributed by atoms with Gasteiger partial charge >= 0.3 is 5.69 Å². The summed E-state index contributed by atoms with van der Waals surface area (Å²) in [5.74, 6) is 0. The topological polar surface area (TPSA) is 103 Å². The van der Waals surface area contributed by atoms with E-state index in [2.05, 4.69) is 20.2 Å². The maximum absolute atomic E-state index is 12.2. The van der Waals surface area contributed by atoms with Crippen LogP contribution in [0.3, 0.4) is 0 Å². The molecule has 0 spiro atoms. The van der Waals surface area contributed by atoms with Crippen molar-refractivity contribution < 1.29 is 0 Å². The molecule has 0 saturated heterocycles. The molecule has 0 radical (unpaired) electrons. The molecule has 0 aliphatic carbocycles. The average molecular weight is 293 g/mol. The fourth-order valence-corrected chi connectivity index (χ4v) is 2.65. The predicted octanol–water partition coefficient (Wildman–Crippen LogP) is -0.760. The summed E-state index contributed by atoms with van der Waals surface area (Å²) in [6.07, 6.45) is 1.39. The molecule has 1 N–H and O–H groups in total. The molecule has 0 bridgehead atoms. The van der Waals surface area contributed by atoms with Gasteiger partial charge in [0.15, 0.2) is 21.5 Å². The van der Waals surface area contributed by atoms with E-state index in [1.807, 2.05) is 0 Å². The fourth-order valence-electron chi connectivity index (χ4n) is 1.92. The number of aromatic nitrogens is 7. The molecule has 3 aromatic heterocycles. The molecule has 0 saturated carbocycles. The number of nitrogens with one attached hydrogen (secondary N) is 1. The van der Waals surface area contributed by atoms with Crippen molar-refractivity contribution in [3.05, 3.63) is 27.2 Å². The second-order valence-corrected chi connectivity index (χ2v) is 5.18. The van der Waals surface area contributed by atoms with E-state index in [9.17, 15) is 9.59 Å². The second-order valence-electron chi connectivity index (χ2n) is 4.22. The van der Waals surface area contributed by atoms with Crippen LogP contribution >= 0.6 is 11.8 Å². The zero-order valence-corrected chi connectivity index (χ0v) is 11.8. The van der Waals surface area contributed by atoms with Crippen molar-refractivity contribution in [1.82, 2.24) is 33.9 Å². The number of imidazole rings is 1. The quantitative estimate of drug-likeness (QED) is 0.666. The Balaban J connectivity index is 2.30. The molecule has 10 heteroatoms. The van der Waals surface area contributed by atoms with Crippen molar-refractivity contribution >= 4 is 22.9 Å². The van der Waals surface area contributed by atoms with E-state index in [1.165, 1.54) is 29.7 Å². The van der Waals surface area contributed by atoms with Crippen LogP contribution in [0.15, 0.2) is 26.2 Å². The Morgan fingerprint density at radius 2 is 1.90 bits per heavy atom. The highest BCUT2D eigenvalue weighted by Gasteiger charge is 2.18. The molecule has 3 heterocycles. The molecule has 0 aliphatic heterocycles. The zero-order chi connectivity index (χ0) is 14.4. The lowest BCUT2D eigenvalue weighted by Gasteiger charge is -2.03. The largest absolute Gasteiger partial charge is 0.332 e. The fraction of sp³-hybridized carbons (Fsp3) is 0.300. The minimum atomic E-state index is -0.406. The normalized spacial score (nSPS) is 11.3. The van der Waals surface area contributed by atoms with E-state index in [-0.39, 0.29) is 5.56 Å². The Morgan fingerprint density at radius 3 is 2.55 bits per heavy atom. The standard InChI is InChI=1S/C10H11N7O2S/c1-15-5-6(16(2)10(19)17(3)7(5)18)13-9(15)20-8-11-4-12-14-8/h4H,1-3H3,(H,11,12,14). The molecule has 104 valence electrons. The van der Waals surface area contributed by atoms with Crippen LogP contribution in [0.1, 0.15) is 0 Å². The van der Waals surface area contributed by atoms with E-state index in [1.54, 1.807) is 18.7 Å². The lowest BCUT2D eigenvalue weighted by Crippen LogP contribution is -2.37. The van der Waals surface area contributed by atoms with Crippen LogP contribution in [0.2, 0.25) is 0 Å². The van der Waals surface area contributed by atoms with Crippen molar-refractivity contribution in [2.45, 2.75) is 10.3 Å². The molecule has 0 aliphatic rings. The maximum Gasteiger partial charge on any atom is 0.332 e. The molecule has 9 nitrogen and oxygen atoms in total. The Labute approximate surface area is 116 Å². The number of aromatic amines is 1. The van der Waals surface area contributed by atoms with Gasteiger partial charge < -0.3 is 4.57 Å². The van der Waals surface area contributed by atoms with Crippen molar-refractivity contribution in [1.29, 1.82) is 0 Å². The van der Waals surface area contributed by atoms with Crippen molar-refractivity contribution in [2.75, 3.05) is 0 Å². The van der Waals surface area contributed by atoms with Gasteiger partial charge in [-0.3, -0.25) is 19.0 Å². The summed E-state index contributed by atoms with van der Waals surface area (Å²) in [6, 6.07) is 0. The van der Waals surface area contributed by atoms with E-state index >= 15 is 0 Å². The summed E-state index contributed by atoms with van der Waals surface area (Å²) < 4.78 is 4.05. The first-order valence-corrected chi connectivity index (χ1v) is 6.48. The minimum Gasteiger partial charge on any atom is -0.316 e. The van der Waals surface area contributed by atoms with Gasteiger partial charge in [-0.05, 0) is 11.8 Å². The molecule has 0 unspecified atom stereocenters. The van der Waals surface area contributed by atoms with Crippen molar-refractivity contribution in [2.24, 2.45) is 21.1 Å². The van der Waals surface area contributed by atoms with Crippen LogP contribution < -0.4 is 11.2 Å². The third kappa shape index (κ3) is 1.68. The van der Waals surface area contributed by atoms with Crippen LogP contribution in [0.4, 0.5) is 0 Å². The Bertz CT molecular complexity index is 902. The van der Waals surface area contributed by atoms with Gasteiger partial charge in [0.25, 0.3) is 5.56 Å². The van der Waals surface area contributed by atoms with Crippen LogP contribution in [-0.4, -0.2) is 33.9 Å². The highest BCUT2D eigenvalue weighted by atomic mass is 32.2. The third-order valence-electron chi connectivity index (χ3n) is 3.02. The molecular weight excluding hydrogens is 282 g/mol. The van der Waals surface area contributed by atoms with Crippen molar-refractivity contribution in [3.63, 3.8) is 0 Å². The van der Waals surface area contributed by atoms with Crippen LogP contribution in [-0.2, 0) is 21.1 Å². The lowest BCUT2D eigenvalue weighted by molar-refractivity contribution is 0.705. The summed E-state index contributed by atoms with van der Waals surface area (Å²) in [5.41, 5.74) is -0.0569. The Kier molecular flexibility index (Phi) is 2.74. The van der Waals surface area contributed by atoms with Gasteiger partial charge in [0.05, 0.1) is 0 Å². The van der Waals surface area contributed by atoms with Gasteiger partial charge in [-0.2, -0.15) is 5.10 Å². The van der Waals surface area contributed by atoms with Gasteiger partial charge in [-0.15, -0.1) is 0 Å². The van der Waals surface area contributed by atoms with E-state index in [4.69, 9.17) is 0 Å². The molecule has 0 aromatic carbocycles. The zero-order valence-electron chi connectivity index (χ0n) is 11.0. The summed E-state index contributed by atoms with van der Waals surface area (Å²) in [5, 5.41) is 7.57. The summed E-state index contributed by atoms with van der Waals surface area (Å²) in [4.78, 5) is 32.4. The first-order valence-electron chi connectivity index (χ1n) is 5.66. The average Bonchev–Trinajstić information content (AvgIpc) is 3.04. The van der Waals surface area contributed by atoms with Crippen LogP contribution in [0, 0.1) is 0 Å². The monoisotopic (exact) mass is 293 g/mol. The van der Waals surface area contributed by atoms with E-state index < -0.39 is 5.69 Å². The smallest absolute Gasteiger partial charge is 0.316 e. The first kappa shape index (κ1) is 12.7. The summed E-state index contributed by atoms with van der Waals surface area (Å²) >= 11 is 1.23. The number of H-pyrrole nitrogens is 1. The molecule has 3 rings (SSSR count). The van der Waals surface area contributed by atoms with Gasteiger partial charge in [-0.1, -0.05) is 0 Å². The highest BCUT2D eigenvalue weighted by molar-refractivity contribution is 7.99. The molecule has 0 amide bonds. The lowest BCUT2D eigenvalue weighted by atomic mass is 10.5. The number of hydrogen-bond donors (Lipinski definition) is 1. The van der Waals surface area contributed by atoms with Crippen LogP contribution in [0.25, 0.3) is 11.2 Å². The highest BCUT2D eigenvalue weighted by Crippen LogP contribution is 2.24. The van der Waals surface area contributed by atoms with E-state index in [0.29, 0.717) is 21.5 Å². The third-order valence-corrected chi connectivity index (χ3v) is 3.95. The van der Waals surface area contributed by atoms with Gasteiger partial charge in [0.1, 0.15) is 6.33 Å². The predicted molar refractivity (Wildman–Crippen MR) is 71.7 cm³/mol. The molecule has 0 atom stereocenters. The number of nitrogens with zero attached hydrogens (tertiary/aromatic N) is 6. The van der Waals surface area contributed by atoms with Crippen molar-refractivity contribution in [3.8, 4) is 0 Å². The Morgan fingerprint density at radius 1 is 1.15 bits per heavy atom. The number of aryl methyl sites for hydroxylation is 2. The SMILES string of the molecule is Cn1c(=O)c2c(nc(Sc3ncn[nH]3)n2C)n(C)c1=O. The molecular formula is C10H11N7O2S. The van der Waals surface area contributed by atoms with Crippen LogP contribution in [0.5, 0.6) is 0 Å². The van der Waals surface area contributed by atoms with Gasteiger partial charge in [0, 0.05) is 21.1 Å². The minimum absolute atomic E-state index is 0.350. The van der Waals surface area contributed by atoms with Gasteiger partial charge in [0.2, 0.25) is 0 Å². The molecule has 3 aromatic rings. The number of fused-ring (bicyclic) bond motifs is 1. The summed E-state index contributed by atoms with van der Waals surface area (Å²) in [7, 11) is 4.75. The second kappa shape index (κ2) is 4.34. The van der Waals surface area contributed by atoms with E-state index in [0.717, 1.165) is 4.57 Å². The maximum atomic E-state index is 12.2. The first-order chi connectivity index (χ1) is 9.50. The number of rotatable bonds is 2.